The summed E-state index contributed by atoms with van der Waals surface area (Å²) >= 11 is 0. The zero-order chi connectivity index (χ0) is 21.4. The highest BCUT2D eigenvalue weighted by atomic mass is 32.2. The van der Waals surface area contributed by atoms with Gasteiger partial charge >= 0.3 is 0 Å². The van der Waals surface area contributed by atoms with Crippen LogP contribution in [0.1, 0.15) is 16.7 Å². The normalized spacial score (nSPS) is 16.7. The molecule has 9 heteroatoms. The van der Waals surface area contributed by atoms with Crippen molar-refractivity contribution >= 4 is 20.0 Å². The van der Waals surface area contributed by atoms with Crippen LogP contribution in [0.5, 0.6) is 5.75 Å². The highest BCUT2D eigenvalue weighted by Crippen LogP contribution is 2.26. The maximum Gasteiger partial charge on any atom is 0.243 e. The minimum Gasteiger partial charge on any atom is -0.497 e. The van der Waals surface area contributed by atoms with Gasteiger partial charge in [-0.05, 0) is 67.8 Å². The Balaban J connectivity index is 1.78. The lowest BCUT2D eigenvalue weighted by atomic mass is 10.1. The molecule has 0 unspecified atom stereocenters. The zero-order valence-corrected chi connectivity index (χ0v) is 18.7. The van der Waals surface area contributed by atoms with E-state index in [1.54, 1.807) is 37.3 Å². The van der Waals surface area contributed by atoms with Gasteiger partial charge in [-0.2, -0.15) is 8.61 Å². The first-order valence-corrected chi connectivity index (χ1v) is 12.2. The lowest BCUT2D eigenvalue weighted by molar-refractivity contribution is 0.272. The topological polar surface area (TPSA) is 84.0 Å². The summed E-state index contributed by atoms with van der Waals surface area (Å²) in [4.78, 5) is 0.451. The van der Waals surface area contributed by atoms with Crippen LogP contribution in [0.4, 0.5) is 0 Å². The summed E-state index contributed by atoms with van der Waals surface area (Å²) < 4.78 is 59.8. The van der Waals surface area contributed by atoms with E-state index in [2.05, 4.69) is 0 Å². The Bertz CT molecular complexity index is 1120. The molecule has 0 aliphatic carbocycles. The van der Waals surface area contributed by atoms with Crippen LogP contribution in [0.3, 0.4) is 0 Å². The minimum absolute atomic E-state index is 0.109. The molecule has 2 aromatic rings. The van der Waals surface area contributed by atoms with Gasteiger partial charge in [0.05, 0.1) is 16.9 Å². The molecule has 0 aromatic heterocycles. The average molecular weight is 439 g/mol. The van der Waals surface area contributed by atoms with Crippen LogP contribution < -0.4 is 4.74 Å². The summed E-state index contributed by atoms with van der Waals surface area (Å²) in [6.45, 7) is 5.96. The third-order valence-corrected chi connectivity index (χ3v) is 9.27. The first kappa shape index (κ1) is 21.8. The van der Waals surface area contributed by atoms with Crippen LogP contribution in [0.15, 0.2) is 46.2 Å². The van der Waals surface area contributed by atoms with E-state index in [1.807, 2.05) is 13.8 Å². The van der Waals surface area contributed by atoms with Crippen molar-refractivity contribution in [1.29, 1.82) is 0 Å². The Kier molecular flexibility index (Phi) is 6.05. The van der Waals surface area contributed by atoms with Gasteiger partial charge in [-0.1, -0.05) is 6.07 Å². The van der Waals surface area contributed by atoms with E-state index in [0.717, 1.165) is 11.1 Å². The van der Waals surface area contributed by atoms with Crippen LogP contribution in [-0.2, 0) is 20.0 Å². The van der Waals surface area contributed by atoms with E-state index >= 15 is 0 Å². The van der Waals surface area contributed by atoms with Crippen molar-refractivity contribution in [2.24, 2.45) is 0 Å². The van der Waals surface area contributed by atoms with Crippen LogP contribution in [-0.4, -0.2) is 58.7 Å². The number of ether oxygens (including phenoxy) is 1. The molecule has 158 valence electrons. The number of aryl methyl sites for hydroxylation is 3. The van der Waals surface area contributed by atoms with E-state index in [1.165, 1.54) is 21.8 Å². The van der Waals surface area contributed by atoms with E-state index in [-0.39, 0.29) is 36.0 Å². The van der Waals surface area contributed by atoms with Gasteiger partial charge in [-0.3, -0.25) is 0 Å². The van der Waals surface area contributed by atoms with Gasteiger partial charge in [0.2, 0.25) is 20.0 Å². The summed E-state index contributed by atoms with van der Waals surface area (Å²) in [6, 6.07) is 9.86. The minimum atomic E-state index is -3.71. The summed E-state index contributed by atoms with van der Waals surface area (Å²) in [5.41, 5.74) is 2.52. The summed E-state index contributed by atoms with van der Waals surface area (Å²) in [5, 5.41) is 0. The predicted molar refractivity (Wildman–Crippen MR) is 111 cm³/mol. The first-order chi connectivity index (χ1) is 13.6. The SMILES string of the molecule is COc1ccc(S(=O)(=O)N2CCN(S(=O)(=O)c3ccc(C)c(C)c3)CC2)c(C)c1. The van der Waals surface area contributed by atoms with Crippen LogP contribution >= 0.6 is 0 Å². The molecule has 0 saturated carbocycles. The second-order valence-electron chi connectivity index (χ2n) is 7.19. The molecule has 7 nitrogen and oxygen atoms in total. The average Bonchev–Trinajstić information content (AvgIpc) is 2.69. The van der Waals surface area contributed by atoms with E-state index < -0.39 is 20.0 Å². The van der Waals surface area contributed by atoms with Crippen molar-refractivity contribution in [2.75, 3.05) is 33.3 Å². The molecule has 1 aliphatic heterocycles. The fourth-order valence-electron chi connectivity index (χ4n) is 3.35. The lowest BCUT2D eigenvalue weighted by Crippen LogP contribution is -2.50. The molecule has 1 fully saturated rings. The summed E-state index contributed by atoms with van der Waals surface area (Å²) in [5.74, 6) is 0.589. The van der Waals surface area contributed by atoms with Crippen LogP contribution in [0.2, 0.25) is 0 Å². The fourth-order valence-corrected chi connectivity index (χ4v) is 6.49. The third-order valence-electron chi connectivity index (χ3n) is 5.31. The van der Waals surface area contributed by atoms with E-state index in [0.29, 0.717) is 11.3 Å². The lowest BCUT2D eigenvalue weighted by Gasteiger charge is -2.33. The number of nitrogens with zero attached hydrogens (tertiary/aromatic N) is 2. The molecule has 0 atom stereocenters. The van der Waals surface area contributed by atoms with Crippen molar-refractivity contribution in [1.82, 2.24) is 8.61 Å². The number of piperazine rings is 1. The number of methoxy groups -OCH3 is 1. The van der Waals surface area contributed by atoms with Gasteiger partial charge in [-0.15, -0.1) is 0 Å². The smallest absolute Gasteiger partial charge is 0.243 e. The largest absolute Gasteiger partial charge is 0.497 e. The highest BCUT2D eigenvalue weighted by Gasteiger charge is 2.34. The Morgan fingerprint density at radius 3 is 1.83 bits per heavy atom. The fraction of sp³-hybridized carbons (Fsp3) is 0.400. The number of sulfonamides is 2. The molecular formula is C20H26N2O5S2. The summed E-state index contributed by atoms with van der Waals surface area (Å²) in [6.07, 6.45) is 0. The van der Waals surface area contributed by atoms with E-state index in [9.17, 15) is 16.8 Å². The van der Waals surface area contributed by atoms with Crippen molar-refractivity contribution in [3.05, 3.63) is 53.1 Å². The number of benzene rings is 2. The molecule has 0 spiro atoms. The van der Waals surface area contributed by atoms with Crippen LogP contribution in [0.25, 0.3) is 0 Å². The summed E-state index contributed by atoms with van der Waals surface area (Å²) in [7, 11) is -5.84. The molecule has 0 radical (unpaired) electrons. The second kappa shape index (κ2) is 8.06. The van der Waals surface area contributed by atoms with Crippen LogP contribution in [0, 0.1) is 20.8 Å². The molecule has 1 aliphatic rings. The van der Waals surface area contributed by atoms with Gasteiger partial charge in [0.1, 0.15) is 5.75 Å². The van der Waals surface area contributed by atoms with Crippen molar-refractivity contribution in [3.63, 3.8) is 0 Å². The standard InChI is InChI=1S/C20H26N2O5S2/c1-15-5-7-19(14-16(15)2)28(23,24)21-9-11-22(12-10-21)29(25,26)20-8-6-18(27-4)13-17(20)3/h5-8,13-14H,9-12H2,1-4H3. The van der Waals surface area contributed by atoms with Crippen molar-refractivity contribution < 1.29 is 21.6 Å². The second-order valence-corrected chi connectivity index (χ2v) is 11.0. The van der Waals surface area contributed by atoms with Gasteiger partial charge in [0.15, 0.2) is 0 Å². The Morgan fingerprint density at radius 1 is 0.724 bits per heavy atom. The molecule has 0 amide bonds. The predicted octanol–water partition coefficient (Wildman–Crippen LogP) is 2.32. The van der Waals surface area contributed by atoms with Gasteiger partial charge in [-0.25, -0.2) is 16.8 Å². The molecule has 1 heterocycles. The quantitative estimate of drug-likeness (QED) is 0.715. The maximum atomic E-state index is 13.0. The number of hydrogen-bond acceptors (Lipinski definition) is 5. The molecule has 29 heavy (non-hydrogen) atoms. The molecular weight excluding hydrogens is 412 g/mol. The molecule has 1 saturated heterocycles. The first-order valence-electron chi connectivity index (χ1n) is 9.29. The van der Waals surface area contributed by atoms with E-state index in [4.69, 9.17) is 4.74 Å². The Morgan fingerprint density at radius 2 is 1.31 bits per heavy atom. The van der Waals surface area contributed by atoms with Gasteiger partial charge in [0, 0.05) is 26.2 Å². The third kappa shape index (κ3) is 4.18. The number of hydrogen-bond donors (Lipinski definition) is 0. The number of rotatable bonds is 5. The Labute approximate surface area is 173 Å². The zero-order valence-electron chi connectivity index (χ0n) is 17.0. The van der Waals surface area contributed by atoms with Crippen molar-refractivity contribution in [3.8, 4) is 5.75 Å². The van der Waals surface area contributed by atoms with Gasteiger partial charge in [0.25, 0.3) is 0 Å². The highest BCUT2D eigenvalue weighted by molar-refractivity contribution is 7.89. The maximum absolute atomic E-state index is 13.0. The monoisotopic (exact) mass is 438 g/mol. The van der Waals surface area contributed by atoms with Crippen molar-refractivity contribution in [2.45, 2.75) is 30.6 Å². The molecule has 3 rings (SSSR count). The van der Waals surface area contributed by atoms with Gasteiger partial charge < -0.3 is 4.74 Å². The molecule has 0 bridgehead atoms. The molecule has 0 N–H and O–H groups in total. The molecule has 2 aromatic carbocycles. The Hall–Kier alpha value is -1.94.